The highest BCUT2D eigenvalue weighted by Crippen LogP contribution is 2.41. The molecule has 0 spiro atoms. The molecule has 20 heavy (non-hydrogen) atoms. The fraction of sp³-hybridized carbons (Fsp3) is 0.667. The first-order valence-corrected chi connectivity index (χ1v) is 8.01. The van der Waals surface area contributed by atoms with Crippen LogP contribution in [0.4, 0.5) is 0 Å². The van der Waals surface area contributed by atoms with E-state index < -0.39 is 0 Å². The van der Waals surface area contributed by atoms with Gasteiger partial charge in [0.1, 0.15) is 0 Å². The molecule has 1 aromatic rings. The van der Waals surface area contributed by atoms with Gasteiger partial charge in [-0.1, -0.05) is 19.1 Å². The summed E-state index contributed by atoms with van der Waals surface area (Å²) in [6.45, 7) is 12.7. The van der Waals surface area contributed by atoms with Crippen molar-refractivity contribution >= 4 is 0 Å². The molecule has 0 heterocycles. The number of likely N-dealkylation sites (N-methyl/N-ethyl adjacent to an activating group) is 1. The molecule has 2 nitrogen and oxygen atoms in total. The van der Waals surface area contributed by atoms with E-state index in [1.54, 1.807) is 0 Å². The van der Waals surface area contributed by atoms with Crippen molar-refractivity contribution in [3.63, 3.8) is 0 Å². The molecule has 0 saturated heterocycles. The van der Waals surface area contributed by atoms with Crippen molar-refractivity contribution in [2.75, 3.05) is 13.2 Å². The van der Waals surface area contributed by atoms with Gasteiger partial charge in [-0.2, -0.15) is 0 Å². The Labute approximate surface area is 123 Å². The van der Waals surface area contributed by atoms with E-state index in [2.05, 4.69) is 52.1 Å². The summed E-state index contributed by atoms with van der Waals surface area (Å²) < 4.78 is 6.10. The van der Waals surface area contributed by atoms with E-state index in [1.165, 1.54) is 35.1 Å². The summed E-state index contributed by atoms with van der Waals surface area (Å²) in [6.07, 6.45) is 2.95. The molecular formula is C18H29NO. The third-order valence-corrected chi connectivity index (χ3v) is 4.42. The monoisotopic (exact) mass is 275 g/mol. The maximum Gasteiger partial charge on any atom is 0.0797 e. The van der Waals surface area contributed by atoms with Crippen LogP contribution in [0.1, 0.15) is 55.0 Å². The fourth-order valence-electron chi connectivity index (χ4n) is 3.06. The number of hydrogen-bond acceptors (Lipinski definition) is 2. The van der Waals surface area contributed by atoms with Crippen LogP contribution in [-0.2, 0) is 4.74 Å². The average molecular weight is 275 g/mol. The van der Waals surface area contributed by atoms with Gasteiger partial charge in [0.05, 0.1) is 12.1 Å². The zero-order valence-electron chi connectivity index (χ0n) is 13.6. The van der Waals surface area contributed by atoms with Gasteiger partial charge in [-0.15, -0.1) is 0 Å². The van der Waals surface area contributed by atoms with Crippen LogP contribution in [0.2, 0.25) is 0 Å². The normalized spacial score (nSPS) is 18.1. The van der Waals surface area contributed by atoms with E-state index in [0.717, 1.165) is 19.1 Å². The Balaban J connectivity index is 2.33. The van der Waals surface area contributed by atoms with E-state index in [4.69, 9.17) is 4.74 Å². The quantitative estimate of drug-likeness (QED) is 0.809. The minimum atomic E-state index is 0.320. The number of rotatable bonds is 7. The smallest absolute Gasteiger partial charge is 0.0797 e. The molecule has 1 N–H and O–H groups in total. The largest absolute Gasteiger partial charge is 0.376 e. The first kappa shape index (κ1) is 15.5. The lowest BCUT2D eigenvalue weighted by atomic mass is 9.91. The Bertz CT molecular complexity index is 451. The van der Waals surface area contributed by atoms with Gasteiger partial charge in [-0.25, -0.2) is 0 Å². The van der Waals surface area contributed by atoms with Gasteiger partial charge < -0.3 is 10.1 Å². The van der Waals surface area contributed by atoms with Crippen LogP contribution < -0.4 is 5.32 Å². The van der Waals surface area contributed by atoms with Crippen molar-refractivity contribution in [2.45, 2.75) is 59.6 Å². The molecule has 0 bridgehead atoms. The Morgan fingerprint density at radius 2 is 1.75 bits per heavy atom. The zero-order valence-corrected chi connectivity index (χ0v) is 13.6. The molecule has 1 aliphatic carbocycles. The highest BCUT2D eigenvalue weighted by Gasteiger charge is 2.38. The van der Waals surface area contributed by atoms with Crippen LogP contribution in [0.25, 0.3) is 0 Å². The van der Waals surface area contributed by atoms with E-state index in [9.17, 15) is 0 Å². The van der Waals surface area contributed by atoms with Crippen LogP contribution in [0.3, 0.4) is 0 Å². The first-order valence-electron chi connectivity index (χ1n) is 8.01. The van der Waals surface area contributed by atoms with Gasteiger partial charge in [0.15, 0.2) is 0 Å². The van der Waals surface area contributed by atoms with Crippen LogP contribution in [-0.4, -0.2) is 19.3 Å². The summed E-state index contributed by atoms with van der Waals surface area (Å²) in [5.74, 6) is 0.736. The second kappa shape index (κ2) is 6.73. The molecule has 2 unspecified atom stereocenters. The molecule has 112 valence electrons. The van der Waals surface area contributed by atoms with Gasteiger partial charge in [0.2, 0.25) is 0 Å². The summed E-state index contributed by atoms with van der Waals surface area (Å²) in [5, 5.41) is 3.67. The maximum atomic E-state index is 6.10. The van der Waals surface area contributed by atoms with Gasteiger partial charge in [-0.05, 0) is 75.3 Å². The summed E-state index contributed by atoms with van der Waals surface area (Å²) in [5.41, 5.74) is 5.55. The minimum Gasteiger partial charge on any atom is -0.376 e. The second-order valence-corrected chi connectivity index (χ2v) is 6.09. The van der Waals surface area contributed by atoms with Gasteiger partial charge in [0.25, 0.3) is 0 Å². The van der Waals surface area contributed by atoms with Crippen molar-refractivity contribution in [3.05, 3.63) is 34.4 Å². The first-order chi connectivity index (χ1) is 9.58. The van der Waals surface area contributed by atoms with E-state index in [-0.39, 0.29) is 0 Å². The predicted octanol–water partition coefficient (Wildman–Crippen LogP) is 4.08. The number of nitrogens with one attached hydrogen (secondary N) is 1. The lowest BCUT2D eigenvalue weighted by molar-refractivity contribution is 0.0188. The third kappa shape index (κ3) is 3.42. The van der Waals surface area contributed by atoms with E-state index in [1.807, 2.05) is 0 Å². The molecule has 0 aromatic heterocycles. The summed E-state index contributed by atoms with van der Waals surface area (Å²) in [4.78, 5) is 0. The van der Waals surface area contributed by atoms with Crippen LogP contribution in [0.15, 0.2) is 12.1 Å². The fourth-order valence-corrected chi connectivity index (χ4v) is 3.06. The van der Waals surface area contributed by atoms with Gasteiger partial charge in [0, 0.05) is 6.61 Å². The minimum absolute atomic E-state index is 0.320. The molecule has 0 aliphatic heterocycles. The van der Waals surface area contributed by atoms with Crippen molar-refractivity contribution in [3.8, 4) is 0 Å². The Hall–Kier alpha value is -0.860. The lowest BCUT2D eigenvalue weighted by Crippen LogP contribution is -2.36. The highest BCUT2D eigenvalue weighted by atomic mass is 16.5. The molecule has 2 heteroatoms. The molecular weight excluding hydrogens is 246 g/mol. The van der Waals surface area contributed by atoms with Crippen LogP contribution in [0.5, 0.6) is 0 Å². The van der Waals surface area contributed by atoms with Crippen molar-refractivity contribution in [1.29, 1.82) is 0 Å². The summed E-state index contributed by atoms with van der Waals surface area (Å²) >= 11 is 0. The molecule has 0 radical (unpaired) electrons. The average Bonchev–Trinajstić information content (AvgIpc) is 3.23. The van der Waals surface area contributed by atoms with Crippen molar-refractivity contribution in [2.24, 2.45) is 5.92 Å². The Kier molecular flexibility index (Phi) is 5.22. The third-order valence-electron chi connectivity index (χ3n) is 4.42. The second-order valence-electron chi connectivity index (χ2n) is 6.09. The maximum absolute atomic E-state index is 6.10. The molecule has 1 saturated carbocycles. The lowest BCUT2D eigenvalue weighted by Gasteiger charge is -2.30. The molecule has 1 aromatic carbocycles. The molecule has 2 atom stereocenters. The standard InChI is InChI=1S/C18H29NO/c1-6-19-17(18(20-7-2)15-8-9-15)16-11-13(4)12(3)10-14(16)5/h10-11,15,17-19H,6-9H2,1-5H3. The van der Waals surface area contributed by atoms with E-state index in [0.29, 0.717) is 12.1 Å². The van der Waals surface area contributed by atoms with Crippen molar-refractivity contribution < 1.29 is 4.74 Å². The SMILES string of the molecule is CCNC(c1cc(C)c(C)cc1C)C(OCC)C1CC1. The molecule has 0 amide bonds. The summed E-state index contributed by atoms with van der Waals surface area (Å²) in [7, 11) is 0. The zero-order chi connectivity index (χ0) is 14.7. The number of aryl methyl sites for hydroxylation is 3. The highest BCUT2D eigenvalue weighted by molar-refractivity contribution is 5.39. The molecule has 1 fully saturated rings. The number of benzene rings is 1. The Morgan fingerprint density at radius 1 is 1.10 bits per heavy atom. The number of ether oxygens (including phenoxy) is 1. The van der Waals surface area contributed by atoms with Crippen molar-refractivity contribution in [1.82, 2.24) is 5.32 Å². The van der Waals surface area contributed by atoms with Gasteiger partial charge in [-0.3, -0.25) is 0 Å². The van der Waals surface area contributed by atoms with Gasteiger partial charge >= 0.3 is 0 Å². The van der Waals surface area contributed by atoms with Crippen LogP contribution in [0, 0.1) is 26.7 Å². The predicted molar refractivity (Wildman–Crippen MR) is 85.2 cm³/mol. The molecule has 1 aliphatic rings. The number of hydrogen-bond donors (Lipinski definition) is 1. The summed E-state index contributed by atoms with van der Waals surface area (Å²) in [6, 6.07) is 4.99. The molecule has 2 rings (SSSR count). The van der Waals surface area contributed by atoms with E-state index >= 15 is 0 Å². The Morgan fingerprint density at radius 3 is 2.30 bits per heavy atom. The topological polar surface area (TPSA) is 21.3 Å². The van der Waals surface area contributed by atoms with Crippen LogP contribution >= 0.6 is 0 Å².